The summed E-state index contributed by atoms with van der Waals surface area (Å²) < 4.78 is 17.8. The van der Waals surface area contributed by atoms with E-state index in [2.05, 4.69) is 67.0 Å². The van der Waals surface area contributed by atoms with Crippen LogP contribution in [-0.2, 0) is 20.7 Å². The lowest BCUT2D eigenvalue weighted by Gasteiger charge is -2.45. The molecule has 0 N–H and O–H groups in total. The second kappa shape index (κ2) is 9.42. The SMILES string of the molecule is COc1ccc2c(c1)C(C)(CCCN1CCN(c3ccccc3C)CC1)OCC2(C)OC. The van der Waals surface area contributed by atoms with E-state index in [1.54, 1.807) is 14.2 Å². The van der Waals surface area contributed by atoms with Crippen molar-refractivity contribution in [3.63, 3.8) is 0 Å². The van der Waals surface area contributed by atoms with Gasteiger partial charge in [-0.2, -0.15) is 0 Å². The van der Waals surface area contributed by atoms with Gasteiger partial charge in [0.1, 0.15) is 11.4 Å². The van der Waals surface area contributed by atoms with E-state index in [9.17, 15) is 0 Å². The third-order valence-electron chi connectivity index (χ3n) is 7.44. The van der Waals surface area contributed by atoms with E-state index in [4.69, 9.17) is 14.2 Å². The fourth-order valence-electron chi connectivity index (χ4n) is 5.15. The smallest absolute Gasteiger partial charge is 0.119 e. The minimum Gasteiger partial charge on any atom is -0.497 e. The largest absolute Gasteiger partial charge is 0.497 e. The molecule has 4 rings (SSSR count). The fourth-order valence-corrected chi connectivity index (χ4v) is 5.15. The van der Waals surface area contributed by atoms with Crippen LogP contribution in [0.4, 0.5) is 5.69 Å². The van der Waals surface area contributed by atoms with Crippen molar-refractivity contribution in [1.82, 2.24) is 4.90 Å². The lowest BCUT2D eigenvalue weighted by Crippen LogP contribution is -2.47. The molecule has 2 aliphatic rings. The van der Waals surface area contributed by atoms with Crippen molar-refractivity contribution in [2.45, 2.75) is 44.8 Å². The molecule has 174 valence electrons. The van der Waals surface area contributed by atoms with Crippen LogP contribution in [-0.4, -0.2) is 58.5 Å². The molecule has 2 aromatic carbocycles. The molecular formula is C27H38N2O3. The Morgan fingerprint density at radius 2 is 1.72 bits per heavy atom. The highest BCUT2D eigenvalue weighted by Gasteiger charge is 2.43. The zero-order valence-corrected chi connectivity index (χ0v) is 20.3. The van der Waals surface area contributed by atoms with E-state index in [1.807, 2.05) is 6.07 Å². The second-order valence-corrected chi connectivity index (χ2v) is 9.58. The van der Waals surface area contributed by atoms with Crippen molar-refractivity contribution in [2.24, 2.45) is 0 Å². The predicted octanol–water partition coefficient (Wildman–Crippen LogP) is 4.71. The summed E-state index contributed by atoms with van der Waals surface area (Å²) in [6.07, 6.45) is 2.08. The molecule has 0 bridgehead atoms. The number of rotatable bonds is 7. The topological polar surface area (TPSA) is 34.2 Å². The number of anilines is 1. The Morgan fingerprint density at radius 1 is 0.969 bits per heavy atom. The molecule has 0 aromatic heterocycles. The molecule has 0 saturated carbocycles. The first-order valence-electron chi connectivity index (χ1n) is 11.8. The van der Waals surface area contributed by atoms with E-state index in [0.29, 0.717) is 6.61 Å². The summed E-state index contributed by atoms with van der Waals surface area (Å²) in [5.41, 5.74) is 4.39. The van der Waals surface area contributed by atoms with Gasteiger partial charge < -0.3 is 19.1 Å². The highest BCUT2D eigenvalue weighted by atomic mass is 16.6. The number of para-hydroxylation sites is 1. The molecule has 2 atom stereocenters. The number of aryl methyl sites for hydroxylation is 1. The summed E-state index contributed by atoms with van der Waals surface area (Å²) in [5, 5.41) is 0. The maximum Gasteiger partial charge on any atom is 0.119 e. The molecule has 0 aliphatic carbocycles. The summed E-state index contributed by atoms with van der Waals surface area (Å²) in [7, 11) is 3.48. The lowest BCUT2D eigenvalue weighted by atomic mass is 9.78. The van der Waals surface area contributed by atoms with Gasteiger partial charge in [0.15, 0.2) is 0 Å². The van der Waals surface area contributed by atoms with Crippen molar-refractivity contribution in [2.75, 3.05) is 58.5 Å². The van der Waals surface area contributed by atoms with Gasteiger partial charge in [-0.15, -0.1) is 0 Å². The molecule has 0 spiro atoms. The van der Waals surface area contributed by atoms with Crippen molar-refractivity contribution in [1.29, 1.82) is 0 Å². The van der Waals surface area contributed by atoms with E-state index in [-0.39, 0.29) is 5.60 Å². The Morgan fingerprint density at radius 3 is 2.41 bits per heavy atom. The molecule has 2 aliphatic heterocycles. The van der Waals surface area contributed by atoms with E-state index in [0.717, 1.165) is 51.3 Å². The highest BCUT2D eigenvalue weighted by Crippen LogP contribution is 2.45. The normalized spacial score (nSPS) is 26.1. The molecule has 1 fully saturated rings. The molecule has 5 nitrogen and oxygen atoms in total. The molecular weight excluding hydrogens is 400 g/mol. The van der Waals surface area contributed by atoms with Gasteiger partial charge in [0.05, 0.1) is 19.3 Å². The van der Waals surface area contributed by atoms with Crippen LogP contribution in [0.25, 0.3) is 0 Å². The van der Waals surface area contributed by atoms with Crippen LogP contribution in [0, 0.1) is 6.92 Å². The second-order valence-electron chi connectivity index (χ2n) is 9.58. The van der Waals surface area contributed by atoms with E-state index >= 15 is 0 Å². The number of fused-ring (bicyclic) bond motifs is 1. The molecule has 0 amide bonds. The van der Waals surface area contributed by atoms with Crippen LogP contribution in [0.15, 0.2) is 42.5 Å². The van der Waals surface area contributed by atoms with E-state index in [1.165, 1.54) is 22.4 Å². The lowest BCUT2D eigenvalue weighted by molar-refractivity contribution is -0.151. The quantitative estimate of drug-likeness (QED) is 0.625. The van der Waals surface area contributed by atoms with Gasteiger partial charge in [-0.25, -0.2) is 0 Å². The fraction of sp³-hybridized carbons (Fsp3) is 0.556. The van der Waals surface area contributed by atoms with Crippen molar-refractivity contribution >= 4 is 5.69 Å². The minimum absolute atomic E-state index is 0.328. The first kappa shape index (κ1) is 23.1. The first-order valence-corrected chi connectivity index (χ1v) is 11.8. The average molecular weight is 439 g/mol. The third kappa shape index (κ3) is 4.52. The maximum atomic E-state index is 6.47. The summed E-state index contributed by atoms with van der Waals surface area (Å²) >= 11 is 0. The van der Waals surface area contributed by atoms with E-state index < -0.39 is 5.60 Å². The maximum absolute atomic E-state index is 6.47. The van der Waals surface area contributed by atoms with Crippen LogP contribution < -0.4 is 9.64 Å². The van der Waals surface area contributed by atoms with Gasteiger partial charge in [-0.3, -0.25) is 4.90 Å². The molecule has 0 radical (unpaired) electrons. The Bertz CT molecular complexity index is 925. The number of hydrogen-bond acceptors (Lipinski definition) is 5. The zero-order valence-electron chi connectivity index (χ0n) is 20.3. The molecule has 5 heteroatoms. The summed E-state index contributed by atoms with van der Waals surface area (Å²) in [6, 6.07) is 15.0. The van der Waals surface area contributed by atoms with Gasteiger partial charge in [0, 0.05) is 39.0 Å². The summed E-state index contributed by atoms with van der Waals surface area (Å²) in [5.74, 6) is 0.867. The van der Waals surface area contributed by atoms with Crippen molar-refractivity contribution in [3.05, 3.63) is 59.2 Å². The molecule has 2 heterocycles. The van der Waals surface area contributed by atoms with Crippen LogP contribution in [0.5, 0.6) is 5.75 Å². The Balaban J connectivity index is 1.37. The number of nitrogens with zero attached hydrogens (tertiary/aromatic N) is 2. The van der Waals surface area contributed by atoms with Gasteiger partial charge in [0.25, 0.3) is 0 Å². The number of piperazine rings is 1. The van der Waals surface area contributed by atoms with Gasteiger partial charge >= 0.3 is 0 Å². The number of benzene rings is 2. The number of ether oxygens (including phenoxy) is 3. The average Bonchev–Trinajstić information content (AvgIpc) is 2.82. The predicted molar refractivity (Wildman–Crippen MR) is 130 cm³/mol. The third-order valence-corrected chi connectivity index (χ3v) is 7.44. The van der Waals surface area contributed by atoms with Gasteiger partial charge in [-0.05, 0) is 75.0 Å². The Labute approximate surface area is 193 Å². The van der Waals surface area contributed by atoms with Crippen LogP contribution in [0.2, 0.25) is 0 Å². The Kier molecular flexibility index (Phi) is 6.80. The van der Waals surface area contributed by atoms with Crippen LogP contribution in [0.1, 0.15) is 43.4 Å². The summed E-state index contributed by atoms with van der Waals surface area (Å²) in [4.78, 5) is 5.11. The first-order chi connectivity index (χ1) is 15.4. The Hall–Kier alpha value is -2.08. The minimum atomic E-state index is -0.424. The van der Waals surface area contributed by atoms with Crippen molar-refractivity contribution < 1.29 is 14.2 Å². The van der Waals surface area contributed by atoms with Gasteiger partial charge in [-0.1, -0.05) is 24.3 Å². The summed E-state index contributed by atoms with van der Waals surface area (Å²) in [6.45, 7) is 12.6. The molecule has 2 unspecified atom stereocenters. The molecule has 32 heavy (non-hydrogen) atoms. The van der Waals surface area contributed by atoms with Crippen LogP contribution in [0.3, 0.4) is 0 Å². The van der Waals surface area contributed by atoms with Gasteiger partial charge in [0.2, 0.25) is 0 Å². The van der Waals surface area contributed by atoms with Crippen LogP contribution >= 0.6 is 0 Å². The molecule has 2 aromatic rings. The molecule has 1 saturated heterocycles. The highest BCUT2D eigenvalue weighted by molar-refractivity contribution is 5.53. The van der Waals surface area contributed by atoms with Crippen molar-refractivity contribution in [3.8, 4) is 5.75 Å². The number of methoxy groups -OCH3 is 2. The standard InChI is InChI=1S/C27H38N2O3/c1-21-9-6-7-10-25(21)29-17-15-28(16-18-29)14-8-13-26(2)24-19-22(30-4)11-12-23(24)27(3,31-5)20-32-26/h6-7,9-12,19H,8,13-18,20H2,1-5H3. The zero-order chi connectivity index (χ0) is 22.8. The number of hydrogen-bond donors (Lipinski definition) is 0. The monoisotopic (exact) mass is 438 g/mol.